The third-order valence-corrected chi connectivity index (χ3v) is 3.19. The van der Waals surface area contributed by atoms with Crippen LogP contribution in [0.1, 0.15) is 12.0 Å². The van der Waals surface area contributed by atoms with Crippen LogP contribution in [0.5, 0.6) is 5.75 Å². The second kappa shape index (κ2) is 5.02. The molecular formula is C12H15ClFNO. The van der Waals surface area contributed by atoms with E-state index in [1.807, 2.05) is 0 Å². The first kappa shape index (κ1) is 11.7. The lowest BCUT2D eigenvalue weighted by Gasteiger charge is -2.12. The highest BCUT2D eigenvalue weighted by Gasteiger charge is 2.19. The van der Waals surface area contributed by atoms with Crippen LogP contribution >= 0.6 is 11.6 Å². The van der Waals surface area contributed by atoms with Gasteiger partial charge in [-0.05, 0) is 43.5 Å². The first-order chi connectivity index (χ1) is 7.70. The van der Waals surface area contributed by atoms with Crippen molar-refractivity contribution in [3.63, 3.8) is 0 Å². The predicted octanol–water partition coefficient (Wildman–Crippen LogP) is 2.64. The maximum atomic E-state index is 13.9. The minimum absolute atomic E-state index is 0.230. The largest absolute Gasteiger partial charge is 0.494 e. The van der Waals surface area contributed by atoms with E-state index in [1.54, 1.807) is 6.07 Å². The molecule has 0 bridgehead atoms. The lowest BCUT2D eigenvalue weighted by atomic mass is 9.98. The van der Waals surface area contributed by atoms with E-state index in [0.29, 0.717) is 16.5 Å². The van der Waals surface area contributed by atoms with Crippen LogP contribution in [-0.2, 0) is 6.42 Å². The van der Waals surface area contributed by atoms with Crippen LogP contribution in [-0.4, -0.2) is 20.2 Å². The van der Waals surface area contributed by atoms with E-state index in [4.69, 9.17) is 16.3 Å². The molecule has 16 heavy (non-hydrogen) atoms. The van der Waals surface area contributed by atoms with Crippen LogP contribution in [0.15, 0.2) is 12.1 Å². The van der Waals surface area contributed by atoms with E-state index in [2.05, 4.69) is 5.32 Å². The second-order valence-electron chi connectivity index (χ2n) is 4.14. The zero-order valence-corrected chi connectivity index (χ0v) is 9.98. The van der Waals surface area contributed by atoms with Crippen molar-refractivity contribution in [2.75, 3.05) is 20.2 Å². The van der Waals surface area contributed by atoms with Gasteiger partial charge in [0.15, 0.2) is 11.6 Å². The highest BCUT2D eigenvalue weighted by atomic mass is 35.5. The molecule has 1 aromatic rings. The molecule has 1 saturated heterocycles. The molecule has 1 unspecified atom stereocenters. The van der Waals surface area contributed by atoms with E-state index in [1.165, 1.54) is 13.2 Å². The molecule has 1 fully saturated rings. The van der Waals surface area contributed by atoms with Gasteiger partial charge in [-0.2, -0.15) is 0 Å². The molecule has 0 spiro atoms. The number of hydrogen-bond donors (Lipinski definition) is 1. The Bertz CT molecular complexity index is 378. The molecule has 0 radical (unpaired) electrons. The van der Waals surface area contributed by atoms with Crippen molar-refractivity contribution in [1.82, 2.24) is 5.32 Å². The first-order valence-electron chi connectivity index (χ1n) is 5.43. The molecule has 0 aliphatic carbocycles. The quantitative estimate of drug-likeness (QED) is 0.881. The van der Waals surface area contributed by atoms with Crippen molar-refractivity contribution < 1.29 is 9.13 Å². The maximum Gasteiger partial charge on any atom is 0.168 e. The van der Waals surface area contributed by atoms with Crippen LogP contribution in [0.2, 0.25) is 5.02 Å². The van der Waals surface area contributed by atoms with Crippen LogP contribution in [0.25, 0.3) is 0 Å². The maximum absolute atomic E-state index is 13.9. The van der Waals surface area contributed by atoms with Gasteiger partial charge in [0.2, 0.25) is 0 Å². The van der Waals surface area contributed by atoms with Crippen molar-refractivity contribution in [2.45, 2.75) is 12.8 Å². The summed E-state index contributed by atoms with van der Waals surface area (Å²) in [6, 6.07) is 3.20. The zero-order valence-electron chi connectivity index (χ0n) is 9.22. The predicted molar refractivity (Wildman–Crippen MR) is 62.6 cm³/mol. The number of methoxy groups -OCH3 is 1. The standard InChI is InChI=1S/C12H15ClFNO/c1-16-11-6-10(13)5-9(12(11)14)4-8-2-3-15-7-8/h5-6,8,15H,2-4,7H2,1H3. The average molecular weight is 244 g/mol. The Morgan fingerprint density at radius 2 is 2.38 bits per heavy atom. The third-order valence-electron chi connectivity index (χ3n) is 2.97. The van der Waals surface area contributed by atoms with E-state index >= 15 is 0 Å². The summed E-state index contributed by atoms with van der Waals surface area (Å²) in [6.07, 6.45) is 1.81. The number of hydrogen-bond acceptors (Lipinski definition) is 2. The molecule has 0 saturated carbocycles. The highest BCUT2D eigenvalue weighted by molar-refractivity contribution is 6.30. The summed E-state index contributed by atoms with van der Waals surface area (Å²) < 4.78 is 18.9. The first-order valence-corrected chi connectivity index (χ1v) is 5.81. The molecule has 1 aromatic carbocycles. The summed E-state index contributed by atoms with van der Waals surface area (Å²) in [7, 11) is 1.45. The molecular weight excluding hydrogens is 229 g/mol. The summed E-state index contributed by atoms with van der Waals surface area (Å²) in [5, 5.41) is 3.80. The van der Waals surface area contributed by atoms with Crippen LogP contribution in [0, 0.1) is 11.7 Å². The normalized spacial score (nSPS) is 20.1. The monoisotopic (exact) mass is 243 g/mol. The summed E-state index contributed by atoms with van der Waals surface area (Å²) in [5.41, 5.74) is 0.651. The summed E-state index contributed by atoms with van der Waals surface area (Å²) in [6.45, 7) is 1.97. The number of halogens is 2. The van der Waals surface area contributed by atoms with E-state index in [-0.39, 0.29) is 11.6 Å². The second-order valence-corrected chi connectivity index (χ2v) is 4.58. The Morgan fingerprint density at radius 3 is 3.00 bits per heavy atom. The van der Waals surface area contributed by atoms with Crippen molar-refractivity contribution >= 4 is 11.6 Å². The summed E-state index contributed by atoms with van der Waals surface area (Å²) in [4.78, 5) is 0. The molecule has 2 nitrogen and oxygen atoms in total. The van der Waals surface area contributed by atoms with Gasteiger partial charge in [0.05, 0.1) is 7.11 Å². The van der Waals surface area contributed by atoms with E-state index < -0.39 is 0 Å². The molecule has 1 aliphatic rings. The topological polar surface area (TPSA) is 21.3 Å². The minimum Gasteiger partial charge on any atom is -0.494 e. The number of nitrogens with one attached hydrogen (secondary N) is 1. The Morgan fingerprint density at radius 1 is 1.56 bits per heavy atom. The molecule has 1 aliphatic heterocycles. The average Bonchev–Trinajstić information content (AvgIpc) is 2.75. The lowest BCUT2D eigenvalue weighted by molar-refractivity contribution is 0.382. The highest BCUT2D eigenvalue weighted by Crippen LogP contribution is 2.28. The van der Waals surface area contributed by atoms with E-state index in [0.717, 1.165) is 25.9 Å². The van der Waals surface area contributed by atoms with Gasteiger partial charge in [0, 0.05) is 11.1 Å². The molecule has 1 heterocycles. The summed E-state index contributed by atoms with van der Waals surface area (Å²) in [5.74, 6) is 0.449. The van der Waals surface area contributed by atoms with Crippen molar-refractivity contribution in [3.05, 3.63) is 28.5 Å². The van der Waals surface area contributed by atoms with Crippen molar-refractivity contribution in [3.8, 4) is 5.75 Å². The Hall–Kier alpha value is -0.800. The van der Waals surface area contributed by atoms with Gasteiger partial charge in [-0.25, -0.2) is 4.39 Å². The van der Waals surface area contributed by atoms with Gasteiger partial charge in [-0.1, -0.05) is 11.6 Å². The number of rotatable bonds is 3. The van der Waals surface area contributed by atoms with Gasteiger partial charge in [0.1, 0.15) is 0 Å². The summed E-state index contributed by atoms with van der Waals surface area (Å²) >= 11 is 5.92. The fourth-order valence-electron chi connectivity index (χ4n) is 2.12. The number of benzene rings is 1. The zero-order chi connectivity index (χ0) is 11.5. The van der Waals surface area contributed by atoms with Crippen LogP contribution in [0.4, 0.5) is 4.39 Å². The fourth-order valence-corrected chi connectivity index (χ4v) is 2.35. The smallest absolute Gasteiger partial charge is 0.168 e. The van der Waals surface area contributed by atoms with Gasteiger partial charge in [-0.3, -0.25) is 0 Å². The molecule has 0 aromatic heterocycles. The SMILES string of the molecule is COc1cc(Cl)cc(CC2CCNC2)c1F. The van der Waals surface area contributed by atoms with E-state index in [9.17, 15) is 4.39 Å². The van der Waals surface area contributed by atoms with Crippen LogP contribution < -0.4 is 10.1 Å². The molecule has 4 heteroatoms. The lowest BCUT2D eigenvalue weighted by Crippen LogP contribution is -2.11. The molecule has 88 valence electrons. The number of ether oxygens (including phenoxy) is 1. The minimum atomic E-state index is -0.279. The Balaban J connectivity index is 2.21. The van der Waals surface area contributed by atoms with Gasteiger partial charge < -0.3 is 10.1 Å². The van der Waals surface area contributed by atoms with Crippen LogP contribution in [0.3, 0.4) is 0 Å². The molecule has 1 N–H and O–H groups in total. The van der Waals surface area contributed by atoms with Gasteiger partial charge in [-0.15, -0.1) is 0 Å². The molecule has 1 atom stereocenters. The molecule has 2 rings (SSSR count). The van der Waals surface area contributed by atoms with Gasteiger partial charge in [0.25, 0.3) is 0 Å². The fraction of sp³-hybridized carbons (Fsp3) is 0.500. The van der Waals surface area contributed by atoms with Gasteiger partial charge >= 0.3 is 0 Å². The van der Waals surface area contributed by atoms with Crippen molar-refractivity contribution in [1.29, 1.82) is 0 Å². The molecule has 0 amide bonds. The Kier molecular flexibility index (Phi) is 3.66. The third kappa shape index (κ3) is 2.47. The van der Waals surface area contributed by atoms with Crippen molar-refractivity contribution in [2.24, 2.45) is 5.92 Å². The Labute approximate surface area is 99.7 Å².